The number of aromatic nitrogens is 1. The van der Waals surface area contributed by atoms with Gasteiger partial charge in [0.1, 0.15) is 10.5 Å². The zero-order chi connectivity index (χ0) is 20.5. The number of para-hydroxylation sites is 1. The van der Waals surface area contributed by atoms with Crippen molar-refractivity contribution < 1.29 is 14.3 Å². The number of anilines is 1. The second kappa shape index (κ2) is 8.52. The van der Waals surface area contributed by atoms with Gasteiger partial charge in [0.15, 0.2) is 0 Å². The zero-order valence-electron chi connectivity index (χ0n) is 15.4. The van der Waals surface area contributed by atoms with Gasteiger partial charge in [0.2, 0.25) is 5.91 Å². The van der Waals surface area contributed by atoms with Crippen molar-refractivity contribution in [1.29, 1.82) is 0 Å². The number of esters is 1. The average molecular weight is 467 g/mol. The number of carbonyl (C=O) groups is 2. The number of fused-ring (bicyclic) bond motifs is 2. The van der Waals surface area contributed by atoms with Crippen LogP contribution in [-0.2, 0) is 20.9 Å². The molecule has 1 unspecified atom stereocenters. The predicted molar refractivity (Wildman–Crippen MR) is 118 cm³/mol. The molecule has 1 amide bonds. The largest absolute Gasteiger partial charge is 0.466 e. The number of halogens is 2. The summed E-state index contributed by atoms with van der Waals surface area (Å²) in [5, 5.41) is 1.07. The predicted octanol–water partition coefficient (Wildman–Crippen LogP) is 5.56. The third kappa shape index (κ3) is 4.10. The van der Waals surface area contributed by atoms with Crippen LogP contribution < -0.4 is 4.90 Å². The number of hydrogen-bond acceptors (Lipinski definition) is 6. The highest BCUT2D eigenvalue weighted by molar-refractivity contribution is 8.01. The molecule has 1 aliphatic heterocycles. The molecule has 29 heavy (non-hydrogen) atoms. The van der Waals surface area contributed by atoms with Gasteiger partial charge in [-0.05, 0) is 31.2 Å². The number of thiazole rings is 1. The van der Waals surface area contributed by atoms with Gasteiger partial charge >= 0.3 is 5.97 Å². The topological polar surface area (TPSA) is 59.5 Å². The Balaban J connectivity index is 1.67. The lowest BCUT2D eigenvalue weighted by molar-refractivity contribution is -0.144. The van der Waals surface area contributed by atoms with Crippen molar-refractivity contribution in [3.63, 3.8) is 0 Å². The normalized spacial score (nSPS) is 16.2. The van der Waals surface area contributed by atoms with E-state index in [-0.39, 0.29) is 18.3 Å². The lowest BCUT2D eigenvalue weighted by Crippen LogP contribution is -2.41. The molecular weight excluding hydrogens is 451 g/mol. The van der Waals surface area contributed by atoms with E-state index >= 15 is 0 Å². The van der Waals surface area contributed by atoms with Crippen LogP contribution in [0, 0.1) is 0 Å². The van der Waals surface area contributed by atoms with Crippen molar-refractivity contribution in [2.24, 2.45) is 0 Å². The standard InChI is InChI=1S/C20H16Cl2N2O3S2/c1-2-27-17(25)9-15-20(26)24(12-5-3-4-6-13(12)28-15)10-16-23-19-14(29-16)8-7-11(21)18(19)22/h3-8,15H,2,9-10H2,1H3. The maximum atomic E-state index is 13.2. The number of carbonyl (C=O) groups excluding carboxylic acids is 2. The molecule has 1 atom stereocenters. The number of amides is 1. The third-order valence-electron chi connectivity index (χ3n) is 4.41. The van der Waals surface area contributed by atoms with E-state index in [1.165, 1.54) is 23.1 Å². The molecule has 4 rings (SSSR count). The first-order valence-electron chi connectivity index (χ1n) is 8.94. The van der Waals surface area contributed by atoms with Crippen LogP contribution in [0.15, 0.2) is 41.3 Å². The number of thioether (sulfide) groups is 1. The molecule has 0 N–H and O–H groups in total. The lowest BCUT2D eigenvalue weighted by atomic mass is 10.2. The first kappa shape index (κ1) is 20.5. The summed E-state index contributed by atoms with van der Waals surface area (Å²) in [6, 6.07) is 11.3. The van der Waals surface area contributed by atoms with Gasteiger partial charge in [-0.3, -0.25) is 9.59 Å². The number of hydrogen-bond donors (Lipinski definition) is 0. The van der Waals surface area contributed by atoms with Gasteiger partial charge in [0, 0.05) is 4.90 Å². The Morgan fingerprint density at radius 3 is 2.83 bits per heavy atom. The number of ether oxygens (including phenoxy) is 1. The molecule has 2 heterocycles. The maximum Gasteiger partial charge on any atom is 0.307 e. The summed E-state index contributed by atoms with van der Waals surface area (Å²) in [5.41, 5.74) is 1.44. The van der Waals surface area contributed by atoms with Gasteiger partial charge in [0.05, 0.1) is 45.3 Å². The SMILES string of the molecule is CCOC(=O)CC1Sc2ccccc2N(Cc2nc3c(Cl)c(Cl)ccc3s2)C1=O. The molecule has 0 radical (unpaired) electrons. The smallest absolute Gasteiger partial charge is 0.307 e. The van der Waals surface area contributed by atoms with Crippen molar-refractivity contribution in [2.45, 2.75) is 30.0 Å². The van der Waals surface area contributed by atoms with Gasteiger partial charge < -0.3 is 9.64 Å². The number of rotatable bonds is 5. The lowest BCUT2D eigenvalue weighted by Gasteiger charge is -2.32. The van der Waals surface area contributed by atoms with Crippen LogP contribution in [0.4, 0.5) is 5.69 Å². The van der Waals surface area contributed by atoms with E-state index in [2.05, 4.69) is 4.98 Å². The molecule has 1 aromatic heterocycles. The van der Waals surface area contributed by atoms with Crippen molar-refractivity contribution in [3.05, 3.63) is 51.5 Å². The summed E-state index contributed by atoms with van der Waals surface area (Å²) in [7, 11) is 0. The first-order valence-corrected chi connectivity index (χ1v) is 11.4. The first-order chi connectivity index (χ1) is 14.0. The van der Waals surface area contributed by atoms with Gasteiger partial charge in [0.25, 0.3) is 0 Å². The molecule has 0 fully saturated rings. The Labute approximate surface area is 186 Å². The van der Waals surface area contributed by atoms with Crippen LogP contribution in [0.1, 0.15) is 18.4 Å². The van der Waals surface area contributed by atoms with Gasteiger partial charge in [-0.25, -0.2) is 4.98 Å². The molecule has 0 saturated heterocycles. The van der Waals surface area contributed by atoms with E-state index < -0.39 is 5.25 Å². The second-order valence-corrected chi connectivity index (χ2v) is 9.47. The second-order valence-electron chi connectivity index (χ2n) is 6.32. The fourth-order valence-corrected chi connectivity index (χ4v) is 5.72. The summed E-state index contributed by atoms with van der Waals surface area (Å²) in [4.78, 5) is 32.4. The third-order valence-corrected chi connectivity index (χ3v) is 7.47. The van der Waals surface area contributed by atoms with Crippen LogP contribution in [0.2, 0.25) is 10.0 Å². The van der Waals surface area contributed by atoms with Crippen molar-refractivity contribution in [3.8, 4) is 0 Å². The molecule has 150 valence electrons. The minimum absolute atomic E-state index is 0.0312. The molecule has 1 aliphatic rings. The molecule has 0 aliphatic carbocycles. The summed E-state index contributed by atoms with van der Waals surface area (Å²) < 4.78 is 5.95. The molecule has 0 saturated carbocycles. The Morgan fingerprint density at radius 1 is 1.24 bits per heavy atom. The summed E-state index contributed by atoms with van der Waals surface area (Å²) in [6.45, 7) is 2.34. The molecule has 0 spiro atoms. The van der Waals surface area contributed by atoms with E-state index in [0.717, 1.165) is 20.3 Å². The van der Waals surface area contributed by atoms with Crippen LogP contribution >= 0.6 is 46.3 Å². The van der Waals surface area contributed by atoms with E-state index in [9.17, 15) is 9.59 Å². The van der Waals surface area contributed by atoms with Gasteiger partial charge in [-0.15, -0.1) is 23.1 Å². The highest BCUT2D eigenvalue weighted by Crippen LogP contribution is 2.42. The molecular formula is C20H16Cl2N2O3S2. The summed E-state index contributed by atoms with van der Waals surface area (Å²) in [5.74, 6) is -0.510. The molecule has 9 heteroatoms. The minimum Gasteiger partial charge on any atom is -0.466 e. The van der Waals surface area contributed by atoms with Crippen LogP contribution in [-0.4, -0.2) is 28.7 Å². The Hall–Kier alpha value is -1.80. The zero-order valence-corrected chi connectivity index (χ0v) is 18.5. The molecule has 3 aromatic rings. The number of benzene rings is 2. The monoisotopic (exact) mass is 466 g/mol. The average Bonchev–Trinajstić information content (AvgIpc) is 3.12. The quantitative estimate of drug-likeness (QED) is 0.460. The van der Waals surface area contributed by atoms with Crippen LogP contribution in [0.25, 0.3) is 10.2 Å². The summed E-state index contributed by atoms with van der Waals surface area (Å²) >= 11 is 15.2. The molecule has 0 bridgehead atoms. The maximum absolute atomic E-state index is 13.2. The minimum atomic E-state index is -0.531. The van der Waals surface area contributed by atoms with Crippen LogP contribution in [0.3, 0.4) is 0 Å². The molecule has 2 aromatic carbocycles. The highest BCUT2D eigenvalue weighted by atomic mass is 35.5. The van der Waals surface area contributed by atoms with Crippen molar-refractivity contribution >= 4 is 74.1 Å². The number of nitrogens with zero attached hydrogens (tertiary/aromatic N) is 2. The van der Waals surface area contributed by atoms with Gasteiger partial charge in [-0.1, -0.05) is 35.3 Å². The van der Waals surface area contributed by atoms with E-state index in [1.807, 2.05) is 30.3 Å². The Bertz CT molecular complexity index is 1100. The van der Waals surface area contributed by atoms with E-state index in [0.29, 0.717) is 28.7 Å². The summed E-state index contributed by atoms with van der Waals surface area (Å²) in [6.07, 6.45) is 0.0312. The molecule has 5 nitrogen and oxygen atoms in total. The van der Waals surface area contributed by atoms with E-state index in [4.69, 9.17) is 27.9 Å². The fourth-order valence-electron chi connectivity index (χ4n) is 3.13. The highest BCUT2D eigenvalue weighted by Gasteiger charge is 2.35. The van der Waals surface area contributed by atoms with E-state index in [1.54, 1.807) is 17.9 Å². The van der Waals surface area contributed by atoms with Crippen LogP contribution in [0.5, 0.6) is 0 Å². The Morgan fingerprint density at radius 2 is 2.03 bits per heavy atom. The fraction of sp³-hybridized carbons (Fsp3) is 0.250. The Kier molecular flexibility index (Phi) is 6.01. The van der Waals surface area contributed by atoms with Crippen molar-refractivity contribution in [1.82, 2.24) is 4.98 Å². The van der Waals surface area contributed by atoms with Crippen molar-refractivity contribution in [2.75, 3.05) is 11.5 Å². The van der Waals surface area contributed by atoms with Gasteiger partial charge in [-0.2, -0.15) is 0 Å².